The highest BCUT2D eigenvalue weighted by molar-refractivity contribution is 4.44. The van der Waals surface area contributed by atoms with Crippen LogP contribution in [0, 0.1) is 6.58 Å². The topological polar surface area (TPSA) is 0 Å². The Hall–Kier alpha value is -0.350. The Labute approximate surface area is 47.2 Å². The summed E-state index contributed by atoms with van der Waals surface area (Å²) in [5, 5.41) is 0. The summed E-state index contributed by atoms with van der Waals surface area (Å²) in [5.41, 5.74) is 0. The summed E-state index contributed by atoms with van der Waals surface area (Å²) >= 11 is 0. The number of hydrogen-bond donors (Lipinski definition) is 0. The summed E-state index contributed by atoms with van der Waals surface area (Å²) < 4.78 is 0. The molecule has 42 valence electrons. The van der Waals surface area contributed by atoms with E-state index in [1.54, 1.807) is 6.92 Å². The third-order valence-electron chi connectivity index (χ3n) is 0.500. The minimum Gasteiger partial charge on any atom is -0.0654 e. The van der Waals surface area contributed by atoms with Gasteiger partial charge in [-0.2, -0.15) is 0 Å². The molecular weight excluding hydrogens is 84.1 g/mol. The Kier molecular flexibility index (Phi) is 24.4. The fourth-order valence-corrected chi connectivity index (χ4v) is 0. The van der Waals surface area contributed by atoms with Gasteiger partial charge in [0, 0.05) is 6.92 Å². The normalized spacial score (nSPS) is 6.00. The van der Waals surface area contributed by atoms with Gasteiger partial charge >= 0.3 is 0 Å². The summed E-state index contributed by atoms with van der Waals surface area (Å²) in [5.74, 6) is 0. The molecule has 0 saturated heterocycles. The van der Waals surface area contributed by atoms with Gasteiger partial charge in [0.1, 0.15) is 6.08 Å². The van der Waals surface area contributed by atoms with Gasteiger partial charge in [0.2, 0.25) is 6.58 Å². The van der Waals surface area contributed by atoms with Crippen LogP contribution in [0.3, 0.4) is 0 Å². The van der Waals surface area contributed by atoms with Crippen molar-refractivity contribution in [2.75, 3.05) is 0 Å². The second kappa shape index (κ2) is 17.4. The van der Waals surface area contributed by atoms with E-state index in [-0.39, 0.29) is 0 Å². The quantitative estimate of drug-likeness (QED) is 0.443. The Morgan fingerprint density at radius 3 is 1.43 bits per heavy atom. The van der Waals surface area contributed by atoms with E-state index in [1.807, 2.05) is 0 Å². The predicted molar refractivity (Wildman–Crippen MR) is 35.1 cm³/mol. The van der Waals surface area contributed by atoms with Crippen molar-refractivity contribution < 1.29 is 0 Å². The average Bonchev–Trinajstić information content (AvgIpc) is 1.69. The smallest absolute Gasteiger partial charge is 0.0654 e. The van der Waals surface area contributed by atoms with Crippen LogP contribution in [0.25, 0.3) is 0 Å². The van der Waals surface area contributed by atoms with Crippen molar-refractivity contribution >= 4 is 0 Å². The van der Waals surface area contributed by atoms with Crippen molar-refractivity contribution in [1.29, 1.82) is 0 Å². The minimum atomic E-state index is 1.32. The number of unbranched alkanes of at least 4 members (excludes halogenated alkanes) is 1. The number of allylic oxidation sites excluding steroid dienone is 1. The van der Waals surface area contributed by atoms with Crippen LogP contribution in [0.1, 0.15) is 33.6 Å². The first-order valence-electron chi connectivity index (χ1n) is 2.82. The van der Waals surface area contributed by atoms with Gasteiger partial charge in [0.05, 0.1) is 0 Å². The van der Waals surface area contributed by atoms with Crippen molar-refractivity contribution in [2.24, 2.45) is 0 Å². The molecule has 0 rings (SSSR count). The van der Waals surface area contributed by atoms with Crippen molar-refractivity contribution in [3.8, 4) is 0 Å². The van der Waals surface area contributed by atoms with Crippen LogP contribution in [-0.2, 0) is 0 Å². The number of hydrogen-bond acceptors (Lipinski definition) is 0. The molecule has 0 N–H and O–H groups in total. The molecule has 7 heavy (non-hydrogen) atoms. The molecule has 0 heterocycles. The fraction of sp³-hybridized carbons (Fsp3) is 0.714. The molecule has 0 radical (unpaired) electrons. The molecule has 0 nitrogen and oxygen atoms in total. The first-order chi connectivity index (χ1) is 3.33. The molecule has 0 aliphatic carbocycles. The van der Waals surface area contributed by atoms with Gasteiger partial charge in [-0.05, 0) is 0 Å². The van der Waals surface area contributed by atoms with Crippen LogP contribution in [0.4, 0.5) is 0 Å². The molecule has 0 heteroatoms. The monoisotopic (exact) mass is 99.1 g/mol. The highest BCUT2D eigenvalue weighted by Crippen LogP contribution is 1.76. The van der Waals surface area contributed by atoms with Crippen LogP contribution >= 0.6 is 0 Å². The third-order valence-corrected chi connectivity index (χ3v) is 0.500. The first-order valence-corrected chi connectivity index (χ1v) is 2.82. The van der Waals surface area contributed by atoms with Gasteiger partial charge in [0.25, 0.3) is 0 Å². The van der Waals surface area contributed by atoms with E-state index >= 15 is 0 Å². The summed E-state index contributed by atoms with van der Waals surface area (Å²) in [6, 6.07) is 0. The molecule has 0 amide bonds. The Morgan fingerprint density at radius 2 is 1.43 bits per heavy atom. The van der Waals surface area contributed by atoms with Crippen molar-refractivity contribution in [1.82, 2.24) is 0 Å². The van der Waals surface area contributed by atoms with E-state index < -0.39 is 0 Å². The van der Waals surface area contributed by atoms with Crippen LogP contribution in [0.15, 0.2) is 6.08 Å². The average molecular weight is 99.2 g/mol. The fourth-order valence-electron chi connectivity index (χ4n) is 0. The lowest BCUT2D eigenvalue weighted by Gasteiger charge is -1.68. The lowest BCUT2D eigenvalue weighted by molar-refractivity contribution is 0.886. The maximum atomic E-state index is 4.72. The van der Waals surface area contributed by atoms with E-state index in [4.69, 9.17) is 6.58 Å². The molecule has 0 fully saturated rings. The van der Waals surface area contributed by atoms with Gasteiger partial charge in [0.15, 0.2) is 0 Å². The van der Waals surface area contributed by atoms with Crippen LogP contribution in [-0.4, -0.2) is 0 Å². The van der Waals surface area contributed by atoms with Gasteiger partial charge < -0.3 is 0 Å². The summed E-state index contributed by atoms with van der Waals surface area (Å²) in [7, 11) is 0. The minimum absolute atomic E-state index is 1.32. The molecule has 0 aromatic carbocycles. The van der Waals surface area contributed by atoms with Crippen molar-refractivity contribution in [3.05, 3.63) is 12.7 Å². The molecule has 0 aliphatic heterocycles. The molecule has 0 unspecified atom stereocenters. The Morgan fingerprint density at radius 1 is 1.29 bits per heavy atom. The molecule has 0 saturated carbocycles. The first kappa shape index (κ1) is 9.82. The zero-order valence-corrected chi connectivity index (χ0v) is 5.57. The van der Waals surface area contributed by atoms with Gasteiger partial charge in [-0.25, -0.2) is 0 Å². The molecule has 0 spiro atoms. The summed E-state index contributed by atoms with van der Waals surface area (Å²) in [6.07, 6.45) is 4.14. The zero-order valence-electron chi connectivity index (χ0n) is 5.57. The van der Waals surface area contributed by atoms with E-state index in [0.717, 1.165) is 0 Å². The molecule has 0 aromatic rings. The van der Waals surface area contributed by atoms with Crippen molar-refractivity contribution in [2.45, 2.75) is 33.6 Å². The standard InChI is InChI=1S/C4H10.C3H5/c1-3-4-2;1-3-2/h3-4H2,1-2H3;1,3H,2H3/q;+1. The van der Waals surface area contributed by atoms with Crippen LogP contribution in [0.2, 0.25) is 0 Å². The predicted octanol–water partition coefficient (Wildman–Crippen LogP) is 2.80. The summed E-state index contributed by atoms with van der Waals surface area (Å²) in [6.45, 7) is 10.9. The maximum absolute atomic E-state index is 4.72. The molecule has 0 bridgehead atoms. The molecule has 0 aliphatic rings. The zero-order chi connectivity index (χ0) is 6.12. The molecular formula is C7H15+. The van der Waals surface area contributed by atoms with Crippen LogP contribution in [0.5, 0.6) is 0 Å². The molecule has 0 atom stereocenters. The second-order valence-electron chi connectivity index (χ2n) is 1.33. The highest BCUT2D eigenvalue weighted by Gasteiger charge is 1.56. The van der Waals surface area contributed by atoms with E-state index in [9.17, 15) is 0 Å². The highest BCUT2D eigenvalue weighted by atomic mass is 13.6. The SMILES string of the molecule is CCCC.[CH+]=CC. The second-order valence-corrected chi connectivity index (χ2v) is 1.33. The largest absolute Gasteiger partial charge is 0.201 e. The third kappa shape index (κ3) is 178. The van der Waals surface area contributed by atoms with Gasteiger partial charge in [-0.1, -0.05) is 26.7 Å². The Balaban J connectivity index is 0. The van der Waals surface area contributed by atoms with E-state index in [1.165, 1.54) is 18.9 Å². The van der Waals surface area contributed by atoms with E-state index in [0.29, 0.717) is 0 Å². The summed E-state index contributed by atoms with van der Waals surface area (Å²) in [4.78, 5) is 0. The Bertz CT molecular complexity index is 19.2. The van der Waals surface area contributed by atoms with E-state index in [2.05, 4.69) is 13.8 Å². The van der Waals surface area contributed by atoms with Gasteiger partial charge in [-0.3, -0.25) is 0 Å². The lowest BCUT2D eigenvalue weighted by Crippen LogP contribution is -1.47. The number of rotatable bonds is 1. The maximum Gasteiger partial charge on any atom is 0.201 e. The molecule has 0 aromatic heterocycles. The van der Waals surface area contributed by atoms with Gasteiger partial charge in [-0.15, -0.1) is 0 Å². The van der Waals surface area contributed by atoms with Crippen molar-refractivity contribution in [3.63, 3.8) is 0 Å². The van der Waals surface area contributed by atoms with Crippen LogP contribution < -0.4 is 0 Å². The lowest BCUT2D eigenvalue weighted by atomic mass is 10.4.